The van der Waals surface area contributed by atoms with E-state index in [-0.39, 0.29) is 29.7 Å². The SMILES string of the molecule is CC(C)CCN1C(=O)[C@H]2CC3CCC2(C1C(=O)NCCc1ccccc1)N3C(=O)CCc1ccccc1. The molecule has 1 spiro atoms. The van der Waals surface area contributed by atoms with Crippen LogP contribution in [0.2, 0.25) is 0 Å². The van der Waals surface area contributed by atoms with Crippen LogP contribution in [0.1, 0.15) is 57.1 Å². The summed E-state index contributed by atoms with van der Waals surface area (Å²) in [5, 5.41) is 3.15. The molecule has 6 nitrogen and oxygen atoms in total. The van der Waals surface area contributed by atoms with Crippen LogP contribution in [0.15, 0.2) is 60.7 Å². The van der Waals surface area contributed by atoms with Crippen LogP contribution in [0, 0.1) is 11.8 Å². The van der Waals surface area contributed by atoms with Crippen molar-refractivity contribution in [1.29, 1.82) is 0 Å². The van der Waals surface area contributed by atoms with E-state index >= 15 is 0 Å². The fourth-order valence-corrected chi connectivity index (χ4v) is 6.93. The molecule has 2 aromatic carbocycles. The van der Waals surface area contributed by atoms with E-state index in [9.17, 15) is 14.4 Å². The molecule has 3 amide bonds. The fraction of sp³-hybridized carbons (Fsp3) is 0.516. The number of benzene rings is 2. The van der Waals surface area contributed by atoms with Gasteiger partial charge in [-0.1, -0.05) is 74.5 Å². The number of amides is 3. The van der Waals surface area contributed by atoms with Crippen LogP contribution in [0.5, 0.6) is 0 Å². The molecule has 6 heteroatoms. The number of rotatable bonds is 10. The van der Waals surface area contributed by atoms with Crippen LogP contribution in [0.4, 0.5) is 0 Å². The molecule has 0 radical (unpaired) electrons. The zero-order chi connectivity index (χ0) is 26.0. The highest BCUT2D eigenvalue weighted by molar-refractivity contribution is 5.98. The summed E-state index contributed by atoms with van der Waals surface area (Å²) in [5.41, 5.74) is 1.58. The highest BCUT2D eigenvalue weighted by atomic mass is 16.2. The molecule has 0 aliphatic carbocycles. The largest absolute Gasteiger partial charge is 0.354 e. The predicted molar refractivity (Wildman–Crippen MR) is 144 cm³/mol. The first kappa shape index (κ1) is 25.5. The third kappa shape index (κ3) is 4.78. The maximum Gasteiger partial charge on any atom is 0.245 e. The molecule has 3 aliphatic rings. The first-order valence-electron chi connectivity index (χ1n) is 13.9. The van der Waals surface area contributed by atoms with Crippen molar-refractivity contribution in [3.63, 3.8) is 0 Å². The zero-order valence-corrected chi connectivity index (χ0v) is 22.1. The number of carbonyl (C=O) groups is 3. The molecule has 3 unspecified atom stereocenters. The highest BCUT2D eigenvalue weighted by Crippen LogP contribution is 2.57. The molecular formula is C31H39N3O3. The molecule has 1 N–H and O–H groups in total. The number of hydrogen-bond donors (Lipinski definition) is 1. The van der Waals surface area contributed by atoms with Gasteiger partial charge in [0.1, 0.15) is 6.04 Å². The number of aryl methyl sites for hydroxylation is 1. The smallest absolute Gasteiger partial charge is 0.245 e. The van der Waals surface area contributed by atoms with Crippen molar-refractivity contribution < 1.29 is 14.4 Å². The van der Waals surface area contributed by atoms with Crippen LogP contribution in [-0.4, -0.2) is 58.2 Å². The van der Waals surface area contributed by atoms with Crippen LogP contribution in [-0.2, 0) is 27.2 Å². The molecule has 0 saturated carbocycles. The van der Waals surface area contributed by atoms with Gasteiger partial charge >= 0.3 is 0 Å². The second kappa shape index (κ2) is 10.7. The summed E-state index contributed by atoms with van der Waals surface area (Å²) < 4.78 is 0. The lowest BCUT2D eigenvalue weighted by atomic mass is 9.75. The van der Waals surface area contributed by atoms with Crippen LogP contribution in [0.25, 0.3) is 0 Å². The van der Waals surface area contributed by atoms with E-state index in [1.54, 1.807) is 0 Å². The lowest BCUT2D eigenvalue weighted by Crippen LogP contribution is -2.61. The molecule has 3 aliphatic heterocycles. The topological polar surface area (TPSA) is 69.7 Å². The van der Waals surface area contributed by atoms with Crippen molar-refractivity contribution in [3.8, 4) is 0 Å². The number of nitrogens with one attached hydrogen (secondary N) is 1. The van der Waals surface area contributed by atoms with Gasteiger partial charge in [-0.2, -0.15) is 0 Å². The van der Waals surface area contributed by atoms with E-state index in [1.165, 1.54) is 0 Å². The Bertz CT molecular complexity index is 1120. The Morgan fingerprint density at radius 3 is 2.30 bits per heavy atom. The second-order valence-electron chi connectivity index (χ2n) is 11.4. The predicted octanol–water partition coefficient (Wildman–Crippen LogP) is 3.98. The molecular weight excluding hydrogens is 462 g/mol. The van der Waals surface area contributed by atoms with Crippen molar-refractivity contribution >= 4 is 17.7 Å². The Kier molecular flexibility index (Phi) is 7.36. The van der Waals surface area contributed by atoms with Gasteiger partial charge in [0.15, 0.2) is 0 Å². The summed E-state index contributed by atoms with van der Waals surface area (Å²) >= 11 is 0. The summed E-state index contributed by atoms with van der Waals surface area (Å²) in [5.74, 6) is 0.178. The fourth-order valence-electron chi connectivity index (χ4n) is 6.93. The van der Waals surface area contributed by atoms with Gasteiger partial charge in [-0.25, -0.2) is 0 Å². The van der Waals surface area contributed by atoms with Gasteiger partial charge in [-0.15, -0.1) is 0 Å². The molecule has 5 rings (SSSR count). The molecule has 0 aromatic heterocycles. The first-order chi connectivity index (χ1) is 17.9. The van der Waals surface area contributed by atoms with E-state index in [2.05, 4.69) is 31.3 Å². The average Bonchev–Trinajstić information content (AvgIpc) is 3.51. The zero-order valence-electron chi connectivity index (χ0n) is 22.1. The number of likely N-dealkylation sites (tertiary alicyclic amines) is 1. The normalized spacial score (nSPS) is 26.1. The van der Waals surface area contributed by atoms with Gasteiger partial charge < -0.3 is 15.1 Å². The minimum Gasteiger partial charge on any atom is -0.354 e. The van der Waals surface area contributed by atoms with Crippen molar-refractivity contribution in [2.75, 3.05) is 13.1 Å². The lowest BCUT2D eigenvalue weighted by molar-refractivity contribution is -0.142. The summed E-state index contributed by atoms with van der Waals surface area (Å²) in [6.45, 7) is 5.35. The first-order valence-corrected chi connectivity index (χ1v) is 13.9. The van der Waals surface area contributed by atoms with E-state index in [0.29, 0.717) is 38.3 Å². The minimum absolute atomic E-state index is 0.0593. The highest BCUT2D eigenvalue weighted by Gasteiger charge is 2.72. The van der Waals surface area contributed by atoms with Crippen molar-refractivity contribution in [3.05, 3.63) is 71.8 Å². The molecule has 2 aromatic rings. The monoisotopic (exact) mass is 501 g/mol. The lowest BCUT2D eigenvalue weighted by Gasteiger charge is -2.40. The van der Waals surface area contributed by atoms with Gasteiger partial charge in [-0.05, 0) is 55.6 Å². The average molecular weight is 502 g/mol. The van der Waals surface area contributed by atoms with Crippen LogP contribution < -0.4 is 5.32 Å². The van der Waals surface area contributed by atoms with E-state index in [4.69, 9.17) is 0 Å². The van der Waals surface area contributed by atoms with Gasteiger partial charge in [0.25, 0.3) is 0 Å². The van der Waals surface area contributed by atoms with Crippen LogP contribution >= 0.6 is 0 Å². The van der Waals surface area contributed by atoms with Gasteiger partial charge in [0.2, 0.25) is 17.7 Å². The maximum atomic E-state index is 13.9. The Labute approximate surface area is 220 Å². The standard InChI is InChI=1S/C31H39N3O3/c1-22(2)17-20-33-28(29(36)32-19-16-24-11-7-4-8-12-24)31-18-15-25(21-26(31)30(33)37)34(31)27(35)14-13-23-9-5-3-6-10-23/h3-12,22,25-26,28H,13-21H2,1-2H3,(H,32,36)/t25?,26-,28?,31?/m1/s1. The summed E-state index contributed by atoms with van der Waals surface area (Å²) in [7, 11) is 0. The summed E-state index contributed by atoms with van der Waals surface area (Å²) in [6, 6.07) is 19.6. The minimum atomic E-state index is -0.719. The van der Waals surface area contributed by atoms with Crippen LogP contribution in [0.3, 0.4) is 0 Å². The van der Waals surface area contributed by atoms with E-state index in [1.807, 2.05) is 58.3 Å². The van der Waals surface area contributed by atoms with E-state index in [0.717, 1.165) is 36.8 Å². The van der Waals surface area contributed by atoms with Crippen molar-refractivity contribution in [2.45, 2.75) is 76.4 Å². The van der Waals surface area contributed by atoms with Crippen molar-refractivity contribution in [2.24, 2.45) is 11.8 Å². The van der Waals surface area contributed by atoms with Crippen molar-refractivity contribution in [1.82, 2.24) is 15.1 Å². The van der Waals surface area contributed by atoms with Gasteiger partial charge in [-0.3, -0.25) is 14.4 Å². The Morgan fingerprint density at radius 2 is 1.65 bits per heavy atom. The molecule has 3 heterocycles. The van der Waals surface area contributed by atoms with Gasteiger partial charge in [0.05, 0.1) is 11.5 Å². The number of fused-ring (bicyclic) bond motifs is 1. The Morgan fingerprint density at radius 1 is 1.00 bits per heavy atom. The van der Waals surface area contributed by atoms with E-state index < -0.39 is 11.6 Å². The third-order valence-corrected chi connectivity index (χ3v) is 8.66. The quantitative estimate of drug-likeness (QED) is 0.535. The van der Waals surface area contributed by atoms with Gasteiger partial charge in [0, 0.05) is 25.6 Å². The molecule has 196 valence electrons. The number of carbonyl (C=O) groups excluding carboxylic acids is 3. The Balaban J connectivity index is 1.38. The maximum absolute atomic E-state index is 13.9. The Hall–Kier alpha value is -3.15. The second-order valence-corrected chi connectivity index (χ2v) is 11.4. The molecule has 3 saturated heterocycles. The number of nitrogens with zero attached hydrogens (tertiary/aromatic N) is 2. The molecule has 37 heavy (non-hydrogen) atoms. The molecule has 2 bridgehead atoms. The number of hydrogen-bond acceptors (Lipinski definition) is 3. The molecule has 3 fully saturated rings. The summed E-state index contributed by atoms with van der Waals surface area (Å²) in [4.78, 5) is 45.2. The third-order valence-electron chi connectivity index (χ3n) is 8.66. The summed E-state index contributed by atoms with van der Waals surface area (Å²) in [6.07, 6.45) is 4.92. The molecule has 4 atom stereocenters.